The molecule has 0 radical (unpaired) electrons. The van der Waals surface area contributed by atoms with E-state index in [-0.39, 0.29) is 16.4 Å². The number of benzene rings is 2. The van der Waals surface area contributed by atoms with Gasteiger partial charge in [-0.2, -0.15) is 0 Å². The van der Waals surface area contributed by atoms with Crippen LogP contribution in [0, 0.1) is 10.1 Å². The van der Waals surface area contributed by atoms with Gasteiger partial charge in [-0.25, -0.2) is 8.42 Å². The Labute approximate surface area is 145 Å². The van der Waals surface area contributed by atoms with E-state index < -0.39 is 21.6 Å². The lowest BCUT2D eigenvalue weighted by Gasteiger charge is -2.27. The zero-order chi connectivity index (χ0) is 17.8. The minimum atomic E-state index is -3.90. The Balaban J connectivity index is 1.97. The van der Waals surface area contributed by atoms with Crippen LogP contribution in [-0.4, -0.2) is 44.4 Å². The number of fused-ring (bicyclic) bond motifs is 3. The predicted octanol–water partition coefficient (Wildman–Crippen LogP) is 1.68. The largest absolute Gasteiger partial charge is 0.297 e. The number of rotatable bonds is 3. The van der Waals surface area contributed by atoms with E-state index in [2.05, 4.69) is 0 Å². The number of hydrogen-bond donors (Lipinski definition) is 0. The second kappa shape index (κ2) is 5.27. The van der Waals surface area contributed by atoms with Crippen LogP contribution in [0.1, 0.15) is 5.56 Å². The molecule has 0 spiro atoms. The van der Waals surface area contributed by atoms with E-state index in [1.807, 2.05) is 4.90 Å². The van der Waals surface area contributed by atoms with Crippen molar-refractivity contribution in [3.8, 4) is 0 Å². The Morgan fingerprint density at radius 3 is 2.44 bits per heavy atom. The lowest BCUT2D eigenvalue weighted by molar-refractivity contribution is -0.574. The molecule has 2 aliphatic heterocycles. The first-order valence-corrected chi connectivity index (χ1v) is 9.35. The summed E-state index contributed by atoms with van der Waals surface area (Å²) in [7, 11) is -2.12. The molecule has 0 N–H and O–H groups in total. The molecule has 0 amide bonds. The molecule has 0 bridgehead atoms. The van der Waals surface area contributed by atoms with Gasteiger partial charge in [-0.1, -0.05) is 30.3 Å². The molecule has 1 fully saturated rings. The van der Waals surface area contributed by atoms with Crippen molar-refractivity contribution in [2.24, 2.45) is 0 Å². The van der Waals surface area contributed by atoms with Crippen LogP contribution in [0.4, 0.5) is 5.69 Å². The van der Waals surface area contributed by atoms with Gasteiger partial charge in [0.25, 0.3) is 15.6 Å². The smallest absolute Gasteiger partial charge is 0.283 e. The van der Waals surface area contributed by atoms with Gasteiger partial charge in [0, 0.05) is 11.5 Å². The lowest BCUT2D eigenvalue weighted by Crippen LogP contribution is -2.50. The van der Waals surface area contributed by atoms with E-state index in [0.717, 1.165) is 0 Å². The summed E-state index contributed by atoms with van der Waals surface area (Å²) in [6.07, 6.45) is 0. The van der Waals surface area contributed by atoms with Gasteiger partial charge in [-0.15, -0.1) is 0 Å². The summed E-state index contributed by atoms with van der Waals surface area (Å²) in [6.45, 7) is 0.490. The van der Waals surface area contributed by atoms with Crippen molar-refractivity contribution in [3.05, 3.63) is 70.3 Å². The van der Waals surface area contributed by atoms with E-state index in [4.69, 9.17) is 0 Å². The summed E-state index contributed by atoms with van der Waals surface area (Å²) in [5.74, 6) is 0. The van der Waals surface area contributed by atoms with Crippen molar-refractivity contribution < 1.29 is 13.3 Å². The highest BCUT2D eigenvalue weighted by atomic mass is 32.2. The summed E-state index contributed by atoms with van der Waals surface area (Å²) in [5.41, 5.74) is -0.567. The highest BCUT2D eigenvalue weighted by Crippen LogP contribution is 2.51. The van der Waals surface area contributed by atoms with Gasteiger partial charge in [0.15, 0.2) is 0 Å². The highest BCUT2D eigenvalue weighted by Gasteiger charge is 2.67. The number of para-hydroxylation sites is 1. The summed E-state index contributed by atoms with van der Waals surface area (Å²) in [5, 5.41) is 12.1. The van der Waals surface area contributed by atoms with Crippen molar-refractivity contribution in [2.45, 2.75) is 16.5 Å². The molecule has 7 nitrogen and oxygen atoms in total. The van der Waals surface area contributed by atoms with Crippen LogP contribution in [0.15, 0.2) is 59.5 Å². The van der Waals surface area contributed by atoms with Crippen LogP contribution in [0.5, 0.6) is 0 Å². The zero-order valence-corrected chi connectivity index (χ0v) is 14.4. The van der Waals surface area contributed by atoms with Crippen LogP contribution in [0.2, 0.25) is 0 Å². The molecule has 2 aromatic rings. The van der Waals surface area contributed by atoms with Crippen LogP contribution < -0.4 is 4.31 Å². The third-order valence-electron chi connectivity index (χ3n) is 5.06. The van der Waals surface area contributed by atoms with Gasteiger partial charge in [0.05, 0.1) is 22.7 Å². The fraction of sp³-hybridized carbons (Fsp3) is 0.294. The predicted molar refractivity (Wildman–Crippen MR) is 92.5 cm³/mol. The van der Waals surface area contributed by atoms with E-state index in [1.54, 1.807) is 49.5 Å². The zero-order valence-electron chi connectivity index (χ0n) is 13.6. The molecule has 130 valence electrons. The maximum absolute atomic E-state index is 13.3. The van der Waals surface area contributed by atoms with Gasteiger partial charge in [-0.3, -0.25) is 19.3 Å². The molecule has 25 heavy (non-hydrogen) atoms. The topological polar surface area (TPSA) is 83.8 Å². The Hall–Kier alpha value is -2.45. The van der Waals surface area contributed by atoms with E-state index >= 15 is 0 Å². The molecule has 2 atom stereocenters. The van der Waals surface area contributed by atoms with Crippen molar-refractivity contribution in [1.82, 2.24) is 4.90 Å². The molecule has 1 saturated heterocycles. The standard InChI is InChI=1S/C17H17N3O4S/c1-18-11-16-17(12-18,20(21)22)14-9-5-6-10-15(14)19(16)25(23,24)13-7-3-2-4-8-13/h2-10,16H,11-12H2,1H3/t16-,17+/m0/s1. The minimum Gasteiger partial charge on any atom is -0.297 e. The van der Waals surface area contributed by atoms with Crippen LogP contribution in [0.3, 0.4) is 0 Å². The molecule has 0 aromatic heterocycles. The molecular formula is C17H17N3O4S. The molecule has 0 unspecified atom stereocenters. The molecule has 4 rings (SSSR count). The number of likely N-dealkylation sites (N-methyl/N-ethyl adjacent to an activating group) is 1. The molecular weight excluding hydrogens is 342 g/mol. The van der Waals surface area contributed by atoms with E-state index in [9.17, 15) is 18.5 Å². The van der Waals surface area contributed by atoms with E-state index in [1.165, 1.54) is 16.4 Å². The van der Waals surface area contributed by atoms with Crippen molar-refractivity contribution >= 4 is 15.7 Å². The number of sulfonamides is 1. The first kappa shape index (κ1) is 16.0. The maximum Gasteiger partial charge on any atom is 0.283 e. The van der Waals surface area contributed by atoms with Crippen molar-refractivity contribution in [2.75, 3.05) is 24.4 Å². The molecule has 8 heteroatoms. The monoisotopic (exact) mass is 359 g/mol. The van der Waals surface area contributed by atoms with Gasteiger partial charge >= 0.3 is 0 Å². The van der Waals surface area contributed by atoms with Crippen molar-refractivity contribution in [1.29, 1.82) is 0 Å². The molecule has 2 heterocycles. The number of nitrogens with zero attached hydrogens (tertiary/aromatic N) is 3. The fourth-order valence-corrected chi connectivity index (χ4v) is 5.76. The van der Waals surface area contributed by atoms with Crippen LogP contribution >= 0.6 is 0 Å². The third kappa shape index (κ3) is 2.04. The molecule has 0 saturated carbocycles. The van der Waals surface area contributed by atoms with Crippen molar-refractivity contribution in [3.63, 3.8) is 0 Å². The second-order valence-electron chi connectivity index (χ2n) is 6.52. The minimum absolute atomic E-state index is 0.138. The highest BCUT2D eigenvalue weighted by molar-refractivity contribution is 7.92. The van der Waals surface area contributed by atoms with Crippen LogP contribution in [-0.2, 0) is 15.6 Å². The summed E-state index contributed by atoms with van der Waals surface area (Å²) in [6, 6.07) is 14.1. The van der Waals surface area contributed by atoms with Gasteiger partial charge in [0.2, 0.25) is 0 Å². The first-order chi connectivity index (χ1) is 11.9. The number of anilines is 1. The summed E-state index contributed by atoms with van der Waals surface area (Å²) >= 11 is 0. The van der Waals surface area contributed by atoms with Gasteiger partial charge in [0.1, 0.15) is 6.04 Å². The average molecular weight is 359 g/mol. The molecule has 2 aromatic carbocycles. The van der Waals surface area contributed by atoms with E-state index in [0.29, 0.717) is 17.8 Å². The Bertz CT molecular complexity index is 947. The Morgan fingerprint density at radius 1 is 1.12 bits per heavy atom. The summed E-state index contributed by atoms with van der Waals surface area (Å²) < 4.78 is 27.8. The molecule has 0 aliphatic carbocycles. The number of nitro groups is 1. The Morgan fingerprint density at radius 2 is 1.76 bits per heavy atom. The maximum atomic E-state index is 13.3. The number of likely N-dealkylation sites (tertiary alicyclic amines) is 1. The van der Waals surface area contributed by atoms with Crippen LogP contribution in [0.25, 0.3) is 0 Å². The Kier molecular flexibility index (Phi) is 3.38. The average Bonchev–Trinajstić information content (AvgIpc) is 3.07. The first-order valence-electron chi connectivity index (χ1n) is 7.91. The molecule has 2 aliphatic rings. The third-order valence-corrected chi connectivity index (χ3v) is 6.90. The van der Waals surface area contributed by atoms with Gasteiger partial charge in [-0.05, 0) is 31.3 Å². The summed E-state index contributed by atoms with van der Waals surface area (Å²) in [4.78, 5) is 13.7. The number of hydrogen-bond acceptors (Lipinski definition) is 5. The van der Waals surface area contributed by atoms with Gasteiger partial charge < -0.3 is 0 Å². The lowest BCUT2D eigenvalue weighted by atomic mass is 9.89. The normalized spacial score (nSPS) is 25.6. The fourth-order valence-electron chi connectivity index (χ4n) is 4.04. The quantitative estimate of drug-likeness (QED) is 0.615. The second-order valence-corrected chi connectivity index (χ2v) is 8.34. The SMILES string of the molecule is CN1C[C@@H]2N(S(=O)(=O)c3ccccc3)c3ccccc3[C@]2([N+](=O)[O-])C1.